The van der Waals surface area contributed by atoms with Crippen LogP contribution in [0.5, 0.6) is 11.5 Å². The van der Waals surface area contributed by atoms with Crippen LogP contribution in [0, 0.1) is 0 Å². The molecular formula is C15H14Cl2O3. The number of aliphatic hydroxyl groups is 1. The Labute approximate surface area is 127 Å². The molecular weight excluding hydrogens is 299 g/mol. The van der Waals surface area contributed by atoms with E-state index in [1.54, 1.807) is 43.5 Å². The Hall–Kier alpha value is -1.42. The van der Waals surface area contributed by atoms with Crippen molar-refractivity contribution in [3.8, 4) is 11.5 Å². The van der Waals surface area contributed by atoms with Gasteiger partial charge < -0.3 is 14.6 Å². The molecule has 0 aliphatic carbocycles. The molecule has 0 spiro atoms. The maximum Gasteiger partial charge on any atom is 0.137 e. The largest absolute Gasteiger partial charge is 0.495 e. The lowest BCUT2D eigenvalue weighted by molar-refractivity contribution is 0.219. The average Bonchev–Trinajstić information content (AvgIpc) is 2.47. The van der Waals surface area contributed by atoms with Crippen LogP contribution in [0.2, 0.25) is 10.0 Å². The summed E-state index contributed by atoms with van der Waals surface area (Å²) >= 11 is 12.0. The van der Waals surface area contributed by atoms with Crippen molar-refractivity contribution in [2.24, 2.45) is 0 Å². The highest BCUT2D eigenvalue weighted by atomic mass is 35.5. The van der Waals surface area contributed by atoms with Gasteiger partial charge in [-0.2, -0.15) is 0 Å². The van der Waals surface area contributed by atoms with Crippen molar-refractivity contribution in [1.29, 1.82) is 0 Å². The Kier molecular flexibility index (Phi) is 4.76. The summed E-state index contributed by atoms with van der Waals surface area (Å²) in [5.74, 6) is 1.08. The molecule has 0 aromatic heterocycles. The number of aliphatic hydroxyl groups excluding tert-OH is 1. The van der Waals surface area contributed by atoms with E-state index in [4.69, 9.17) is 32.7 Å². The molecule has 0 aliphatic heterocycles. The number of hydrogen-bond acceptors (Lipinski definition) is 3. The van der Waals surface area contributed by atoms with Gasteiger partial charge in [0.15, 0.2) is 0 Å². The van der Waals surface area contributed by atoms with Crippen LogP contribution in [0.4, 0.5) is 0 Å². The Morgan fingerprint density at radius 1 is 0.850 bits per heavy atom. The molecule has 106 valence electrons. The van der Waals surface area contributed by atoms with Crippen LogP contribution in [-0.4, -0.2) is 19.3 Å². The van der Waals surface area contributed by atoms with E-state index >= 15 is 0 Å². The molecule has 20 heavy (non-hydrogen) atoms. The fraction of sp³-hybridized carbons (Fsp3) is 0.200. The van der Waals surface area contributed by atoms with E-state index in [0.29, 0.717) is 32.7 Å². The highest BCUT2D eigenvalue weighted by Crippen LogP contribution is 2.33. The molecule has 0 amide bonds. The molecule has 1 unspecified atom stereocenters. The van der Waals surface area contributed by atoms with Gasteiger partial charge in [-0.25, -0.2) is 0 Å². The Morgan fingerprint density at radius 2 is 1.45 bits per heavy atom. The lowest BCUT2D eigenvalue weighted by Gasteiger charge is -2.14. The first kappa shape index (κ1) is 15.0. The number of rotatable bonds is 4. The van der Waals surface area contributed by atoms with Gasteiger partial charge in [-0.05, 0) is 35.4 Å². The van der Waals surface area contributed by atoms with Gasteiger partial charge in [0.25, 0.3) is 0 Å². The zero-order chi connectivity index (χ0) is 14.7. The molecule has 1 N–H and O–H groups in total. The fourth-order valence-corrected chi connectivity index (χ4v) is 2.35. The third kappa shape index (κ3) is 3.01. The van der Waals surface area contributed by atoms with Crippen molar-refractivity contribution in [3.05, 3.63) is 57.6 Å². The zero-order valence-corrected chi connectivity index (χ0v) is 12.6. The number of halogens is 2. The van der Waals surface area contributed by atoms with E-state index in [9.17, 15) is 5.11 Å². The summed E-state index contributed by atoms with van der Waals surface area (Å²) in [6.45, 7) is 0. The topological polar surface area (TPSA) is 38.7 Å². The normalized spacial score (nSPS) is 12.1. The van der Waals surface area contributed by atoms with Crippen LogP contribution in [0.15, 0.2) is 36.4 Å². The molecule has 1 atom stereocenters. The molecule has 3 nitrogen and oxygen atoms in total. The third-order valence-electron chi connectivity index (χ3n) is 2.98. The molecule has 5 heteroatoms. The number of ether oxygens (including phenoxy) is 2. The standard InChI is InChI=1S/C15H14Cl2O3/c1-19-13-6-4-9(7-12(13)17)15(18)10-3-5-11(16)14(8-10)20-2/h3-8,15,18H,1-2H3. The van der Waals surface area contributed by atoms with Crippen LogP contribution in [0.3, 0.4) is 0 Å². The lowest BCUT2D eigenvalue weighted by Crippen LogP contribution is -2.00. The summed E-state index contributed by atoms with van der Waals surface area (Å²) < 4.78 is 10.2. The van der Waals surface area contributed by atoms with Crippen molar-refractivity contribution in [1.82, 2.24) is 0 Å². The predicted molar refractivity (Wildman–Crippen MR) is 80.1 cm³/mol. The molecule has 0 saturated heterocycles. The summed E-state index contributed by atoms with van der Waals surface area (Å²) in [5.41, 5.74) is 1.34. The van der Waals surface area contributed by atoms with Crippen molar-refractivity contribution in [2.45, 2.75) is 6.10 Å². The molecule has 0 bridgehead atoms. The molecule has 2 aromatic carbocycles. The monoisotopic (exact) mass is 312 g/mol. The molecule has 0 fully saturated rings. The van der Waals surface area contributed by atoms with Crippen molar-refractivity contribution in [2.75, 3.05) is 14.2 Å². The maximum atomic E-state index is 10.4. The van der Waals surface area contributed by atoms with Crippen molar-refractivity contribution >= 4 is 23.2 Å². The quantitative estimate of drug-likeness (QED) is 0.924. The minimum atomic E-state index is -0.815. The van der Waals surface area contributed by atoms with E-state index in [1.165, 1.54) is 7.11 Å². The fourth-order valence-electron chi connectivity index (χ4n) is 1.89. The second kappa shape index (κ2) is 6.35. The summed E-state index contributed by atoms with van der Waals surface area (Å²) in [4.78, 5) is 0. The van der Waals surface area contributed by atoms with Gasteiger partial charge in [-0.1, -0.05) is 35.3 Å². The van der Waals surface area contributed by atoms with Gasteiger partial charge in [0, 0.05) is 0 Å². The summed E-state index contributed by atoms with van der Waals surface area (Å²) in [5, 5.41) is 11.3. The predicted octanol–water partition coefficient (Wildman–Crippen LogP) is 4.09. The van der Waals surface area contributed by atoms with Gasteiger partial charge in [-0.3, -0.25) is 0 Å². The minimum Gasteiger partial charge on any atom is -0.495 e. The second-order valence-electron chi connectivity index (χ2n) is 4.19. The van der Waals surface area contributed by atoms with Crippen LogP contribution in [-0.2, 0) is 0 Å². The average molecular weight is 313 g/mol. The second-order valence-corrected chi connectivity index (χ2v) is 5.00. The van der Waals surface area contributed by atoms with Gasteiger partial charge in [0.2, 0.25) is 0 Å². The van der Waals surface area contributed by atoms with E-state index in [1.807, 2.05) is 0 Å². The Balaban J connectivity index is 2.35. The van der Waals surface area contributed by atoms with Crippen LogP contribution in [0.25, 0.3) is 0 Å². The van der Waals surface area contributed by atoms with Gasteiger partial charge in [0.05, 0.1) is 24.3 Å². The number of methoxy groups -OCH3 is 2. The lowest BCUT2D eigenvalue weighted by atomic mass is 10.0. The molecule has 0 aliphatic rings. The highest BCUT2D eigenvalue weighted by molar-refractivity contribution is 6.32. The van der Waals surface area contributed by atoms with E-state index in [0.717, 1.165) is 0 Å². The first-order valence-electron chi connectivity index (χ1n) is 5.91. The van der Waals surface area contributed by atoms with Crippen LogP contribution >= 0.6 is 23.2 Å². The maximum absolute atomic E-state index is 10.4. The summed E-state index contributed by atoms with van der Waals surface area (Å²) in [6, 6.07) is 10.3. The third-order valence-corrected chi connectivity index (χ3v) is 3.59. The van der Waals surface area contributed by atoms with E-state index in [2.05, 4.69) is 0 Å². The minimum absolute atomic E-state index is 0.449. The zero-order valence-electron chi connectivity index (χ0n) is 11.1. The van der Waals surface area contributed by atoms with E-state index in [-0.39, 0.29) is 0 Å². The molecule has 0 heterocycles. The Bertz CT molecular complexity index is 614. The molecule has 2 aromatic rings. The molecule has 2 rings (SSSR count). The van der Waals surface area contributed by atoms with Crippen molar-refractivity contribution in [3.63, 3.8) is 0 Å². The van der Waals surface area contributed by atoms with Gasteiger partial charge in [-0.15, -0.1) is 0 Å². The molecule has 0 radical (unpaired) electrons. The first-order valence-corrected chi connectivity index (χ1v) is 6.67. The number of hydrogen-bond donors (Lipinski definition) is 1. The Morgan fingerprint density at radius 3 is 2.05 bits per heavy atom. The highest BCUT2D eigenvalue weighted by Gasteiger charge is 2.14. The summed E-state index contributed by atoms with van der Waals surface area (Å²) in [6.07, 6.45) is -0.815. The van der Waals surface area contributed by atoms with Gasteiger partial charge in [0.1, 0.15) is 17.6 Å². The van der Waals surface area contributed by atoms with Crippen LogP contribution < -0.4 is 9.47 Å². The van der Waals surface area contributed by atoms with E-state index < -0.39 is 6.10 Å². The first-order chi connectivity index (χ1) is 9.56. The SMILES string of the molecule is COc1ccc(C(O)c2ccc(Cl)c(OC)c2)cc1Cl. The van der Waals surface area contributed by atoms with Crippen LogP contribution in [0.1, 0.15) is 17.2 Å². The smallest absolute Gasteiger partial charge is 0.137 e. The number of benzene rings is 2. The van der Waals surface area contributed by atoms with Crippen molar-refractivity contribution < 1.29 is 14.6 Å². The van der Waals surface area contributed by atoms with Gasteiger partial charge >= 0.3 is 0 Å². The summed E-state index contributed by atoms with van der Waals surface area (Å²) in [7, 11) is 3.07. The molecule has 0 saturated carbocycles.